The van der Waals surface area contributed by atoms with Crippen molar-refractivity contribution in [3.05, 3.63) is 24.3 Å². The number of nitrogens with one attached hydrogen (secondary N) is 2. The fraction of sp³-hybridized carbons (Fsp3) is 0.417. The maximum atomic E-state index is 11.4. The molecule has 5 heteroatoms. The Balaban J connectivity index is 2.39. The number of aliphatic hydroxyl groups is 1. The zero-order chi connectivity index (χ0) is 12.7. The van der Waals surface area contributed by atoms with Crippen molar-refractivity contribution in [2.24, 2.45) is 0 Å². The summed E-state index contributed by atoms with van der Waals surface area (Å²) in [7, 11) is 1.57. The van der Waals surface area contributed by atoms with Crippen molar-refractivity contribution >= 4 is 11.7 Å². The van der Waals surface area contributed by atoms with E-state index in [4.69, 9.17) is 9.84 Å². The highest BCUT2D eigenvalue weighted by molar-refractivity contribution is 5.89. The van der Waals surface area contributed by atoms with Crippen molar-refractivity contribution in [1.29, 1.82) is 0 Å². The van der Waals surface area contributed by atoms with Gasteiger partial charge in [-0.2, -0.15) is 0 Å². The van der Waals surface area contributed by atoms with Crippen LogP contribution in [0.15, 0.2) is 24.3 Å². The van der Waals surface area contributed by atoms with Gasteiger partial charge in [0.15, 0.2) is 0 Å². The van der Waals surface area contributed by atoms with Gasteiger partial charge in [-0.3, -0.25) is 0 Å². The summed E-state index contributed by atoms with van der Waals surface area (Å²) < 4.78 is 5.04. The lowest BCUT2D eigenvalue weighted by molar-refractivity contribution is 0.184. The first-order valence-corrected chi connectivity index (χ1v) is 5.49. The zero-order valence-corrected chi connectivity index (χ0v) is 10.1. The van der Waals surface area contributed by atoms with E-state index >= 15 is 0 Å². The topological polar surface area (TPSA) is 70.6 Å². The number of carbonyl (C=O) groups is 1. The highest BCUT2D eigenvalue weighted by atomic mass is 16.5. The van der Waals surface area contributed by atoms with E-state index in [0.717, 1.165) is 0 Å². The molecule has 1 atom stereocenters. The Kier molecular flexibility index (Phi) is 5.29. The minimum Gasteiger partial charge on any atom is -0.497 e. The van der Waals surface area contributed by atoms with Crippen LogP contribution >= 0.6 is 0 Å². The summed E-state index contributed by atoms with van der Waals surface area (Å²) in [6.45, 7) is 2.12. The molecule has 0 spiro atoms. The van der Waals surface area contributed by atoms with Crippen LogP contribution in [0, 0.1) is 0 Å². The number of urea groups is 1. The second-order valence-electron chi connectivity index (χ2n) is 3.75. The summed E-state index contributed by atoms with van der Waals surface area (Å²) in [6, 6.07) is 6.81. The zero-order valence-electron chi connectivity index (χ0n) is 10.1. The van der Waals surface area contributed by atoms with E-state index in [2.05, 4.69) is 10.6 Å². The molecule has 0 aliphatic rings. The first-order chi connectivity index (χ1) is 8.11. The molecule has 1 unspecified atom stereocenters. The molecule has 5 nitrogen and oxygen atoms in total. The Hall–Kier alpha value is -1.75. The molecule has 17 heavy (non-hydrogen) atoms. The number of benzene rings is 1. The van der Waals surface area contributed by atoms with Gasteiger partial charge in [-0.1, -0.05) is 6.07 Å². The van der Waals surface area contributed by atoms with Crippen LogP contribution in [0.2, 0.25) is 0 Å². The van der Waals surface area contributed by atoms with Crippen molar-refractivity contribution in [2.75, 3.05) is 19.0 Å². The van der Waals surface area contributed by atoms with Crippen LogP contribution in [0.1, 0.15) is 13.3 Å². The van der Waals surface area contributed by atoms with Crippen LogP contribution in [0.3, 0.4) is 0 Å². The molecular formula is C12H18N2O3. The van der Waals surface area contributed by atoms with Gasteiger partial charge in [0.25, 0.3) is 0 Å². The van der Waals surface area contributed by atoms with Crippen LogP contribution in [0.25, 0.3) is 0 Å². The van der Waals surface area contributed by atoms with Crippen LogP contribution in [0.5, 0.6) is 5.75 Å². The summed E-state index contributed by atoms with van der Waals surface area (Å²) in [5.41, 5.74) is 0.666. The average molecular weight is 238 g/mol. The molecule has 0 aromatic heterocycles. The second-order valence-corrected chi connectivity index (χ2v) is 3.75. The van der Waals surface area contributed by atoms with Gasteiger partial charge < -0.3 is 20.5 Å². The first-order valence-electron chi connectivity index (χ1n) is 5.49. The number of hydrogen-bond donors (Lipinski definition) is 3. The SMILES string of the molecule is COc1cccc(NC(=O)NCCC(C)O)c1. The molecule has 0 saturated carbocycles. The molecule has 1 aromatic rings. The van der Waals surface area contributed by atoms with E-state index in [0.29, 0.717) is 24.4 Å². The van der Waals surface area contributed by atoms with E-state index in [-0.39, 0.29) is 6.03 Å². The lowest BCUT2D eigenvalue weighted by atomic mass is 10.3. The summed E-state index contributed by atoms with van der Waals surface area (Å²) >= 11 is 0. The Morgan fingerprint density at radius 1 is 1.53 bits per heavy atom. The van der Waals surface area contributed by atoms with Crippen molar-refractivity contribution in [1.82, 2.24) is 5.32 Å². The molecule has 0 radical (unpaired) electrons. The number of hydrogen-bond acceptors (Lipinski definition) is 3. The highest BCUT2D eigenvalue weighted by Gasteiger charge is 2.02. The summed E-state index contributed by atoms with van der Waals surface area (Å²) in [5, 5.41) is 14.4. The van der Waals surface area contributed by atoms with E-state index in [1.807, 2.05) is 0 Å². The fourth-order valence-corrected chi connectivity index (χ4v) is 1.27. The first kappa shape index (κ1) is 13.3. The van der Waals surface area contributed by atoms with Gasteiger partial charge in [0.1, 0.15) is 5.75 Å². The predicted molar refractivity (Wildman–Crippen MR) is 66.3 cm³/mol. The molecule has 3 N–H and O–H groups in total. The third-order valence-electron chi connectivity index (χ3n) is 2.18. The molecule has 0 heterocycles. The van der Waals surface area contributed by atoms with Gasteiger partial charge in [0.05, 0.1) is 13.2 Å². The monoisotopic (exact) mass is 238 g/mol. The number of ether oxygens (including phenoxy) is 1. The minimum absolute atomic E-state index is 0.293. The van der Waals surface area contributed by atoms with Crippen LogP contribution < -0.4 is 15.4 Å². The molecule has 0 fully saturated rings. The van der Waals surface area contributed by atoms with E-state index in [1.54, 1.807) is 38.3 Å². The molecule has 1 rings (SSSR count). The van der Waals surface area contributed by atoms with Crippen LogP contribution in [-0.4, -0.2) is 30.9 Å². The third kappa shape index (κ3) is 5.21. The van der Waals surface area contributed by atoms with Gasteiger partial charge >= 0.3 is 6.03 Å². The summed E-state index contributed by atoms with van der Waals surface area (Å²) in [6.07, 6.45) is 0.123. The molecule has 94 valence electrons. The number of carbonyl (C=O) groups excluding carboxylic acids is 1. The Bertz CT molecular complexity index is 367. The molecule has 1 aromatic carbocycles. The number of aliphatic hydroxyl groups excluding tert-OH is 1. The summed E-state index contributed by atoms with van der Waals surface area (Å²) in [4.78, 5) is 11.4. The maximum Gasteiger partial charge on any atom is 0.319 e. The lowest BCUT2D eigenvalue weighted by Gasteiger charge is -2.09. The molecule has 0 aliphatic heterocycles. The third-order valence-corrected chi connectivity index (χ3v) is 2.18. The van der Waals surface area contributed by atoms with Crippen molar-refractivity contribution < 1.29 is 14.6 Å². The summed E-state index contributed by atoms with van der Waals surface area (Å²) in [5.74, 6) is 0.687. The average Bonchev–Trinajstić information content (AvgIpc) is 2.28. The Labute approximate surface area is 101 Å². The normalized spacial score (nSPS) is 11.7. The highest BCUT2D eigenvalue weighted by Crippen LogP contribution is 2.16. The molecule has 0 bridgehead atoms. The van der Waals surface area contributed by atoms with Crippen LogP contribution in [-0.2, 0) is 0 Å². The van der Waals surface area contributed by atoms with E-state index in [1.165, 1.54) is 0 Å². The van der Waals surface area contributed by atoms with Gasteiger partial charge in [0.2, 0.25) is 0 Å². The smallest absolute Gasteiger partial charge is 0.319 e. The van der Waals surface area contributed by atoms with Gasteiger partial charge in [-0.15, -0.1) is 0 Å². The van der Waals surface area contributed by atoms with Crippen LogP contribution in [0.4, 0.5) is 10.5 Å². The second kappa shape index (κ2) is 6.75. The number of rotatable bonds is 5. The number of amides is 2. The van der Waals surface area contributed by atoms with Gasteiger partial charge in [0, 0.05) is 18.3 Å². The van der Waals surface area contributed by atoms with E-state index in [9.17, 15) is 4.79 Å². The minimum atomic E-state index is -0.410. The standard InChI is InChI=1S/C12H18N2O3/c1-9(15)6-7-13-12(16)14-10-4-3-5-11(8-10)17-2/h3-5,8-9,15H,6-7H2,1-2H3,(H2,13,14,16). The maximum absolute atomic E-state index is 11.4. The number of anilines is 1. The lowest BCUT2D eigenvalue weighted by Crippen LogP contribution is -2.30. The Morgan fingerprint density at radius 2 is 2.29 bits per heavy atom. The van der Waals surface area contributed by atoms with Crippen molar-refractivity contribution in [3.8, 4) is 5.75 Å². The Morgan fingerprint density at radius 3 is 2.94 bits per heavy atom. The largest absolute Gasteiger partial charge is 0.497 e. The predicted octanol–water partition coefficient (Wildman–Crippen LogP) is 1.59. The number of methoxy groups -OCH3 is 1. The van der Waals surface area contributed by atoms with Gasteiger partial charge in [-0.25, -0.2) is 4.79 Å². The van der Waals surface area contributed by atoms with Gasteiger partial charge in [-0.05, 0) is 25.5 Å². The van der Waals surface area contributed by atoms with E-state index < -0.39 is 6.10 Å². The fourth-order valence-electron chi connectivity index (χ4n) is 1.27. The van der Waals surface area contributed by atoms with Crippen molar-refractivity contribution in [3.63, 3.8) is 0 Å². The molecule has 0 aliphatic carbocycles. The molecule has 2 amide bonds. The van der Waals surface area contributed by atoms with Crippen molar-refractivity contribution in [2.45, 2.75) is 19.4 Å². The quantitative estimate of drug-likeness (QED) is 0.729. The molecule has 0 saturated heterocycles. The molecular weight excluding hydrogens is 220 g/mol.